The van der Waals surface area contributed by atoms with E-state index in [0.717, 1.165) is 18.4 Å². The van der Waals surface area contributed by atoms with Crippen molar-refractivity contribution in [3.8, 4) is 0 Å². The van der Waals surface area contributed by atoms with Crippen molar-refractivity contribution in [2.24, 2.45) is 0 Å². The summed E-state index contributed by atoms with van der Waals surface area (Å²) >= 11 is 6.03. The highest BCUT2D eigenvalue weighted by Gasteiger charge is 2.50. The summed E-state index contributed by atoms with van der Waals surface area (Å²) in [5.41, 5.74) is 0.828. The van der Waals surface area contributed by atoms with Gasteiger partial charge in [0.2, 0.25) is 5.89 Å². The number of carboxylic acids is 1. The Morgan fingerprint density at radius 1 is 1.48 bits per heavy atom. The Kier molecular flexibility index (Phi) is 3.29. The molecule has 1 aliphatic carbocycles. The zero-order chi connectivity index (χ0) is 15.0. The van der Waals surface area contributed by atoms with Crippen molar-refractivity contribution >= 4 is 17.6 Å². The molecule has 2 aromatic rings. The third kappa shape index (κ3) is 2.56. The predicted molar refractivity (Wildman–Crippen MR) is 76.2 cm³/mol. The molecule has 6 heteroatoms. The van der Waals surface area contributed by atoms with Gasteiger partial charge in [-0.15, -0.1) is 0 Å². The molecule has 1 saturated carbocycles. The van der Waals surface area contributed by atoms with Gasteiger partial charge in [0.05, 0.1) is 11.8 Å². The van der Waals surface area contributed by atoms with Gasteiger partial charge in [-0.1, -0.05) is 35.5 Å². The van der Waals surface area contributed by atoms with Crippen molar-refractivity contribution in [2.45, 2.75) is 24.7 Å². The number of carbonyl (C=O) groups is 1. The molecule has 3 rings (SSSR count). The minimum Gasteiger partial charge on any atom is -0.478 e. The number of rotatable bonds is 5. The lowest BCUT2D eigenvalue weighted by atomic mass is 9.95. The molecular weight excluding hydrogens is 292 g/mol. The van der Waals surface area contributed by atoms with Gasteiger partial charge in [0.25, 0.3) is 0 Å². The Morgan fingerprint density at radius 3 is 2.86 bits per heavy atom. The Hall–Kier alpha value is -2.14. The largest absolute Gasteiger partial charge is 0.478 e. The second kappa shape index (κ2) is 5.00. The van der Waals surface area contributed by atoms with Gasteiger partial charge >= 0.3 is 5.97 Å². The summed E-state index contributed by atoms with van der Waals surface area (Å²) in [6, 6.07) is 7.61. The first-order valence-corrected chi connectivity index (χ1v) is 6.89. The van der Waals surface area contributed by atoms with Crippen LogP contribution in [0, 0.1) is 0 Å². The molecule has 1 aromatic heterocycles. The van der Waals surface area contributed by atoms with Crippen molar-refractivity contribution < 1.29 is 14.4 Å². The lowest BCUT2D eigenvalue weighted by Gasteiger charge is -2.10. The maximum absolute atomic E-state index is 10.8. The minimum absolute atomic E-state index is 0.0257. The van der Waals surface area contributed by atoms with Crippen LogP contribution in [0.2, 0.25) is 5.02 Å². The van der Waals surface area contributed by atoms with E-state index < -0.39 is 5.97 Å². The summed E-state index contributed by atoms with van der Waals surface area (Å²) in [6.07, 6.45) is 1.90. The van der Waals surface area contributed by atoms with Crippen LogP contribution in [0.5, 0.6) is 0 Å². The van der Waals surface area contributed by atoms with E-state index in [1.54, 1.807) is 0 Å². The van der Waals surface area contributed by atoms with Crippen LogP contribution in [0.4, 0.5) is 0 Å². The Bertz CT molecular complexity index is 719. The maximum Gasteiger partial charge on any atom is 0.331 e. The molecule has 0 aliphatic heterocycles. The van der Waals surface area contributed by atoms with Crippen molar-refractivity contribution in [3.63, 3.8) is 0 Å². The number of nitrogens with zero attached hydrogens (tertiary/aromatic N) is 2. The standard InChI is InChI=1S/C15H13ClN2O3/c1-9(13(19)20)7-12-17-14(18-21-12)15(5-6-15)10-3-2-4-11(16)8-10/h2-4,8H,1,5-7H2,(H,19,20). The van der Waals surface area contributed by atoms with E-state index in [0.29, 0.717) is 10.8 Å². The lowest BCUT2D eigenvalue weighted by molar-refractivity contribution is -0.132. The van der Waals surface area contributed by atoms with E-state index in [2.05, 4.69) is 16.7 Å². The number of aliphatic carboxylic acids is 1. The zero-order valence-electron chi connectivity index (χ0n) is 11.2. The molecule has 1 heterocycles. The first-order valence-electron chi connectivity index (χ1n) is 6.51. The fourth-order valence-corrected chi connectivity index (χ4v) is 2.52. The Morgan fingerprint density at radius 2 is 2.24 bits per heavy atom. The predicted octanol–water partition coefficient (Wildman–Crippen LogP) is 2.99. The topological polar surface area (TPSA) is 76.2 Å². The summed E-state index contributed by atoms with van der Waals surface area (Å²) in [6.45, 7) is 3.46. The van der Waals surface area contributed by atoms with Gasteiger partial charge in [-0.05, 0) is 30.5 Å². The van der Waals surface area contributed by atoms with E-state index in [1.807, 2.05) is 24.3 Å². The molecule has 0 atom stereocenters. The van der Waals surface area contributed by atoms with Gasteiger partial charge in [0, 0.05) is 10.6 Å². The normalized spacial score (nSPS) is 15.7. The van der Waals surface area contributed by atoms with Crippen LogP contribution in [0.25, 0.3) is 0 Å². The van der Waals surface area contributed by atoms with Gasteiger partial charge in [-0.2, -0.15) is 4.98 Å². The van der Waals surface area contributed by atoms with E-state index in [1.165, 1.54) is 0 Å². The van der Waals surface area contributed by atoms with Gasteiger partial charge < -0.3 is 9.63 Å². The first kappa shape index (κ1) is 13.8. The molecule has 0 saturated heterocycles. The van der Waals surface area contributed by atoms with Crippen LogP contribution in [0.3, 0.4) is 0 Å². The smallest absolute Gasteiger partial charge is 0.331 e. The van der Waals surface area contributed by atoms with Crippen LogP contribution in [0.15, 0.2) is 40.9 Å². The quantitative estimate of drug-likeness (QED) is 0.859. The Labute approximate surface area is 126 Å². The molecule has 0 spiro atoms. The summed E-state index contributed by atoms with van der Waals surface area (Å²) in [4.78, 5) is 15.1. The molecule has 1 aromatic carbocycles. The zero-order valence-corrected chi connectivity index (χ0v) is 11.9. The molecule has 1 fully saturated rings. The van der Waals surface area contributed by atoms with Gasteiger partial charge in [0.1, 0.15) is 0 Å². The number of benzene rings is 1. The monoisotopic (exact) mass is 304 g/mol. The van der Waals surface area contributed by atoms with E-state index in [4.69, 9.17) is 21.2 Å². The van der Waals surface area contributed by atoms with Gasteiger partial charge in [-0.3, -0.25) is 0 Å². The van der Waals surface area contributed by atoms with Crippen molar-refractivity contribution in [3.05, 3.63) is 58.7 Å². The summed E-state index contributed by atoms with van der Waals surface area (Å²) in [5, 5.41) is 13.5. The second-order valence-electron chi connectivity index (χ2n) is 5.19. The van der Waals surface area contributed by atoms with E-state index in [9.17, 15) is 4.79 Å². The van der Waals surface area contributed by atoms with E-state index in [-0.39, 0.29) is 23.3 Å². The summed E-state index contributed by atoms with van der Waals surface area (Å²) in [7, 11) is 0. The highest BCUT2D eigenvalue weighted by atomic mass is 35.5. The number of aromatic nitrogens is 2. The van der Waals surface area contributed by atoms with Crippen LogP contribution in [0.1, 0.15) is 30.1 Å². The van der Waals surface area contributed by atoms with Crippen molar-refractivity contribution in [1.82, 2.24) is 10.1 Å². The van der Waals surface area contributed by atoms with Crippen molar-refractivity contribution in [1.29, 1.82) is 0 Å². The molecule has 0 radical (unpaired) electrons. The van der Waals surface area contributed by atoms with Crippen LogP contribution in [-0.2, 0) is 16.6 Å². The van der Waals surface area contributed by atoms with E-state index >= 15 is 0 Å². The minimum atomic E-state index is -1.06. The second-order valence-corrected chi connectivity index (χ2v) is 5.63. The molecule has 0 amide bonds. The number of hydrogen-bond donors (Lipinski definition) is 1. The molecule has 0 bridgehead atoms. The average Bonchev–Trinajstić information content (AvgIpc) is 3.13. The Balaban J connectivity index is 1.86. The van der Waals surface area contributed by atoms with Crippen LogP contribution >= 0.6 is 11.6 Å². The van der Waals surface area contributed by atoms with Gasteiger partial charge in [0.15, 0.2) is 5.82 Å². The highest BCUT2D eigenvalue weighted by Crippen LogP contribution is 2.52. The fraction of sp³-hybridized carbons (Fsp3) is 0.267. The molecule has 21 heavy (non-hydrogen) atoms. The summed E-state index contributed by atoms with van der Waals surface area (Å²) in [5.74, 6) is -0.214. The van der Waals surface area contributed by atoms with Crippen molar-refractivity contribution in [2.75, 3.05) is 0 Å². The first-order chi connectivity index (χ1) is 10.0. The molecule has 1 aliphatic rings. The molecule has 1 N–H and O–H groups in total. The fourth-order valence-electron chi connectivity index (χ4n) is 2.33. The summed E-state index contributed by atoms with van der Waals surface area (Å²) < 4.78 is 5.15. The molecular formula is C15H13ClN2O3. The third-order valence-corrected chi connectivity index (χ3v) is 3.93. The SMILES string of the molecule is C=C(Cc1nc(C2(c3cccc(Cl)c3)CC2)no1)C(=O)O. The molecule has 5 nitrogen and oxygen atoms in total. The molecule has 0 unspecified atom stereocenters. The maximum atomic E-state index is 10.8. The number of carboxylic acid groups (broad SMARTS) is 1. The number of hydrogen-bond acceptors (Lipinski definition) is 4. The van der Waals surface area contributed by atoms with Crippen LogP contribution < -0.4 is 0 Å². The third-order valence-electron chi connectivity index (χ3n) is 3.69. The number of halogens is 1. The van der Waals surface area contributed by atoms with Crippen LogP contribution in [-0.4, -0.2) is 21.2 Å². The average molecular weight is 305 g/mol. The van der Waals surface area contributed by atoms with Gasteiger partial charge in [-0.25, -0.2) is 4.79 Å². The lowest BCUT2D eigenvalue weighted by Crippen LogP contribution is -2.11. The highest BCUT2D eigenvalue weighted by molar-refractivity contribution is 6.30. The molecule has 108 valence electrons.